The molecule has 2 heterocycles. The minimum Gasteiger partial charge on any atom is -0.490 e. The SMILES string of the molecule is CC.CNC(=O)c1cc(NC(=O)C2CCC(C)O2)ccn1.Fc1cccc(OC2CC2)c1. The molecule has 2 fully saturated rings. The maximum atomic E-state index is 12.6. The number of nitrogens with zero attached hydrogens (tertiary/aromatic N) is 1. The molecule has 174 valence electrons. The summed E-state index contributed by atoms with van der Waals surface area (Å²) in [5.41, 5.74) is 0.808. The van der Waals surface area contributed by atoms with E-state index in [1.165, 1.54) is 31.4 Å². The molecule has 1 aromatic carbocycles. The van der Waals surface area contributed by atoms with E-state index in [2.05, 4.69) is 15.6 Å². The van der Waals surface area contributed by atoms with Crippen molar-refractivity contribution in [2.75, 3.05) is 12.4 Å². The zero-order valence-corrected chi connectivity index (χ0v) is 19.1. The molecule has 1 saturated carbocycles. The molecule has 2 amide bonds. The zero-order valence-electron chi connectivity index (χ0n) is 19.1. The summed E-state index contributed by atoms with van der Waals surface area (Å²) < 4.78 is 23.4. The molecule has 0 spiro atoms. The highest BCUT2D eigenvalue weighted by atomic mass is 19.1. The van der Waals surface area contributed by atoms with Gasteiger partial charge in [0.15, 0.2) is 0 Å². The van der Waals surface area contributed by atoms with Gasteiger partial charge in [-0.2, -0.15) is 0 Å². The van der Waals surface area contributed by atoms with Crippen molar-refractivity contribution < 1.29 is 23.5 Å². The van der Waals surface area contributed by atoms with Crippen molar-refractivity contribution >= 4 is 17.5 Å². The van der Waals surface area contributed by atoms with Gasteiger partial charge in [0.2, 0.25) is 0 Å². The second-order valence-corrected chi connectivity index (χ2v) is 7.29. The van der Waals surface area contributed by atoms with Crippen LogP contribution >= 0.6 is 0 Å². The lowest BCUT2D eigenvalue weighted by molar-refractivity contribution is -0.126. The van der Waals surface area contributed by atoms with Gasteiger partial charge >= 0.3 is 0 Å². The van der Waals surface area contributed by atoms with Crippen LogP contribution < -0.4 is 15.4 Å². The Morgan fingerprint density at radius 2 is 1.88 bits per heavy atom. The maximum Gasteiger partial charge on any atom is 0.269 e. The van der Waals surface area contributed by atoms with Crippen molar-refractivity contribution in [2.24, 2.45) is 0 Å². The molecule has 2 atom stereocenters. The van der Waals surface area contributed by atoms with Gasteiger partial charge in [-0.1, -0.05) is 19.9 Å². The fourth-order valence-corrected chi connectivity index (χ4v) is 2.90. The van der Waals surface area contributed by atoms with E-state index in [9.17, 15) is 14.0 Å². The molecule has 0 radical (unpaired) electrons. The highest BCUT2D eigenvalue weighted by Gasteiger charge is 2.28. The van der Waals surface area contributed by atoms with Gasteiger partial charge in [-0.25, -0.2) is 4.39 Å². The monoisotopic (exact) mass is 445 g/mol. The first kappa shape index (κ1) is 25.3. The predicted octanol–water partition coefficient (Wildman–Crippen LogP) is 4.34. The van der Waals surface area contributed by atoms with E-state index >= 15 is 0 Å². The second-order valence-electron chi connectivity index (χ2n) is 7.29. The van der Waals surface area contributed by atoms with Crippen molar-refractivity contribution in [3.63, 3.8) is 0 Å². The average Bonchev–Trinajstić information content (AvgIpc) is 3.51. The van der Waals surface area contributed by atoms with Crippen LogP contribution in [0.4, 0.5) is 10.1 Å². The molecule has 0 bridgehead atoms. The quantitative estimate of drug-likeness (QED) is 0.715. The van der Waals surface area contributed by atoms with Gasteiger partial charge in [0.25, 0.3) is 11.8 Å². The Morgan fingerprint density at radius 1 is 1.12 bits per heavy atom. The summed E-state index contributed by atoms with van der Waals surface area (Å²) in [6.07, 6.45) is 5.36. The predicted molar refractivity (Wildman–Crippen MR) is 121 cm³/mol. The summed E-state index contributed by atoms with van der Waals surface area (Å²) in [5.74, 6) is -0.0594. The number of aromatic nitrogens is 1. The lowest BCUT2D eigenvalue weighted by Crippen LogP contribution is -2.28. The smallest absolute Gasteiger partial charge is 0.269 e. The Hall–Kier alpha value is -3.00. The van der Waals surface area contributed by atoms with E-state index in [0.717, 1.165) is 25.7 Å². The van der Waals surface area contributed by atoms with E-state index < -0.39 is 6.10 Å². The van der Waals surface area contributed by atoms with Crippen LogP contribution in [0.25, 0.3) is 0 Å². The Bertz CT molecular complexity index is 889. The molecule has 1 aliphatic heterocycles. The van der Waals surface area contributed by atoms with Crippen LogP contribution in [0.15, 0.2) is 42.6 Å². The molecule has 2 unspecified atom stereocenters. The summed E-state index contributed by atoms with van der Waals surface area (Å²) in [4.78, 5) is 27.3. The van der Waals surface area contributed by atoms with Crippen molar-refractivity contribution in [1.82, 2.24) is 10.3 Å². The third kappa shape index (κ3) is 8.26. The molecule has 2 N–H and O–H groups in total. The number of pyridine rings is 1. The standard InChI is InChI=1S/C13H17N3O3.C9H9FO.C2H6/c1-8-3-4-11(19-8)13(18)16-9-5-6-15-10(7-9)12(17)14-2;10-7-2-1-3-9(6-7)11-8-4-5-8;1-2/h5-8,11H,3-4H2,1-2H3,(H,14,17)(H,15,16,18);1-3,6,8H,4-5H2;1-2H3. The van der Waals surface area contributed by atoms with E-state index in [1.54, 1.807) is 18.2 Å². The van der Waals surface area contributed by atoms with Crippen LogP contribution in [0.1, 0.15) is 56.9 Å². The first-order valence-corrected chi connectivity index (χ1v) is 11.0. The summed E-state index contributed by atoms with van der Waals surface area (Å²) in [6.45, 7) is 5.95. The number of halogens is 1. The van der Waals surface area contributed by atoms with E-state index in [-0.39, 0.29) is 29.4 Å². The molecule has 8 heteroatoms. The number of nitrogens with one attached hydrogen (secondary N) is 2. The summed E-state index contributed by atoms with van der Waals surface area (Å²) >= 11 is 0. The largest absolute Gasteiger partial charge is 0.490 e. The maximum absolute atomic E-state index is 12.6. The minimum absolute atomic E-state index is 0.120. The Morgan fingerprint density at radius 3 is 2.47 bits per heavy atom. The fraction of sp³-hybridized carbons (Fsp3) is 0.458. The molecule has 1 saturated heterocycles. The molecule has 2 aromatic rings. The van der Waals surface area contributed by atoms with Crippen LogP contribution in [0, 0.1) is 5.82 Å². The Kier molecular flexibility index (Phi) is 10.1. The Labute approximate surface area is 188 Å². The first-order chi connectivity index (χ1) is 15.4. The van der Waals surface area contributed by atoms with Crippen LogP contribution in [-0.4, -0.2) is 42.2 Å². The van der Waals surface area contributed by atoms with Crippen LogP contribution in [-0.2, 0) is 9.53 Å². The third-order valence-corrected chi connectivity index (χ3v) is 4.63. The molecule has 7 nitrogen and oxygen atoms in total. The molecule has 4 rings (SSSR count). The van der Waals surface area contributed by atoms with Crippen molar-refractivity contribution in [2.45, 2.75) is 64.8 Å². The Balaban J connectivity index is 0.000000236. The van der Waals surface area contributed by atoms with Gasteiger partial charge < -0.3 is 20.1 Å². The molecule has 1 aromatic heterocycles. The van der Waals surface area contributed by atoms with E-state index in [0.29, 0.717) is 17.5 Å². The van der Waals surface area contributed by atoms with Crippen molar-refractivity contribution in [1.29, 1.82) is 0 Å². The highest BCUT2D eigenvalue weighted by Crippen LogP contribution is 2.26. The minimum atomic E-state index is -0.411. The number of carbonyl (C=O) groups is 2. The zero-order chi connectivity index (χ0) is 23.5. The van der Waals surface area contributed by atoms with Crippen LogP contribution in [0.3, 0.4) is 0 Å². The lowest BCUT2D eigenvalue weighted by atomic mass is 10.2. The second kappa shape index (κ2) is 12.8. The van der Waals surface area contributed by atoms with Gasteiger partial charge in [-0.3, -0.25) is 14.6 Å². The molecule has 32 heavy (non-hydrogen) atoms. The lowest BCUT2D eigenvalue weighted by Gasteiger charge is -2.12. The molecular weight excluding hydrogens is 413 g/mol. The number of rotatable bonds is 5. The van der Waals surface area contributed by atoms with Crippen molar-refractivity contribution in [3.8, 4) is 5.75 Å². The van der Waals surface area contributed by atoms with E-state index in [1.807, 2.05) is 20.8 Å². The number of ether oxygens (including phenoxy) is 2. The molecule has 2 aliphatic rings. The average molecular weight is 446 g/mol. The third-order valence-electron chi connectivity index (χ3n) is 4.63. The normalized spacial score (nSPS) is 18.9. The molecule has 1 aliphatic carbocycles. The van der Waals surface area contributed by atoms with Gasteiger partial charge in [0, 0.05) is 25.0 Å². The van der Waals surface area contributed by atoms with Gasteiger partial charge in [-0.05, 0) is 56.9 Å². The summed E-state index contributed by atoms with van der Waals surface area (Å²) in [6, 6.07) is 9.45. The summed E-state index contributed by atoms with van der Waals surface area (Å²) in [7, 11) is 1.53. The van der Waals surface area contributed by atoms with Gasteiger partial charge in [-0.15, -0.1) is 0 Å². The number of anilines is 1. The van der Waals surface area contributed by atoms with E-state index in [4.69, 9.17) is 9.47 Å². The number of hydrogen-bond donors (Lipinski definition) is 2. The van der Waals surface area contributed by atoms with Gasteiger partial charge in [0.1, 0.15) is 23.4 Å². The summed E-state index contributed by atoms with van der Waals surface area (Å²) in [5, 5.41) is 5.22. The fourth-order valence-electron chi connectivity index (χ4n) is 2.90. The number of hydrogen-bond acceptors (Lipinski definition) is 5. The van der Waals surface area contributed by atoms with Crippen LogP contribution in [0.5, 0.6) is 5.75 Å². The van der Waals surface area contributed by atoms with Crippen LogP contribution in [0.2, 0.25) is 0 Å². The van der Waals surface area contributed by atoms with Gasteiger partial charge in [0.05, 0.1) is 12.2 Å². The number of amides is 2. The number of carbonyl (C=O) groups excluding carboxylic acids is 2. The van der Waals surface area contributed by atoms with Crippen molar-refractivity contribution in [3.05, 3.63) is 54.1 Å². The molecular formula is C24H32FN3O4. The number of benzene rings is 1. The topological polar surface area (TPSA) is 89.6 Å². The first-order valence-electron chi connectivity index (χ1n) is 11.0. The highest BCUT2D eigenvalue weighted by molar-refractivity contribution is 5.97.